The number of amides is 1. The lowest BCUT2D eigenvalue weighted by Crippen LogP contribution is -2.33. The van der Waals surface area contributed by atoms with Crippen LogP contribution in [0.2, 0.25) is 5.02 Å². The quantitative estimate of drug-likeness (QED) is 0.827. The molecule has 0 aliphatic heterocycles. The lowest BCUT2D eigenvalue weighted by atomic mass is 9.92. The van der Waals surface area contributed by atoms with Gasteiger partial charge in [-0.3, -0.25) is 4.79 Å². The summed E-state index contributed by atoms with van der Waals surface area (Å²) in [6.07, 6.45) is 3.09. The molecule has 0 saturated heterocycles. The van der Waals surface area contributed by atoms with Crippen LogP contribution in [0.4, 0.5) is 4.39 Å². The van der Waals surface area contributed by atoms with Crippen LogP contribution in [0.5, 0.6) is 0 Å². The Hall–Kier alpha value is -1.13. The highest BCUT2D eigenvalue weighted by Gasteiger charge is 2.32. The van der Waals surface area contributed by atoms with E-state index in [1.807, 2.05) is 0 Å². The number of halogens is 2. The Balaban J connectivity index is 1.83. The summed E-state index contributed by atoms with van der Waals surface area (Å²) >= 11 is 7.52. The fourth-order valence-corrected chi connectivity index (χ4v) is 4.44. The third-order valence-corrected chi connectivity index (χ3v) is 5.76. The average molecular weight is 326 g/mol. The fourth-order valence-electron chi connectivity index (χ4n) is 3.00. The van der Waals surface area contributed by atoms with Crippen LogP contribution in [0.3, 0.4) is 0 Å². The van der Waals surface area contributed by atoms with Crippen molar-refractivity contribution < 1.29 is 9.18 Å². The van der Waals surface area contributed by atoms with Gasteiger partial charge in [0.1, 0.15) is 10.7 Å². The molecule has 1 saturated carbocycles. The van der Waals surface area contributed by atoms with Crippen LogP contribution in [-0.2, 0) is 0 Å². The summed E-state index contributed by atoms with van der Waals surface area (Å²) in [7, 11) is 0. The first-order valence-electron chi connectivity index (χ1n) is 7.04. The number of hydrogen-bond acceptors (Lipinski definition) is 2. The number of fused-ring (bicyclic) bond motifs is 1. The van der Waals surface area contributed by atoms with Crippen molar-refractivity contribution in [1.29, 1.82) is 0 Å². The lowest BCUT2D eigenvalue weighted by molar-refractivity contribution is 0.0940. The summed E-state index contributed by atoms with van der Waals surface area (Å²) < 4.78 is 14.0. The Morgan fingerprint density at radius 2 is 2.24 bits per heavy atom. The molecule has 0 spiro atoms. The molecule has 2 aromatic rings. The first-order valence-corrected chi connectivity index (χ1v) is 8.24. The van der Waals surface area contributed by atoms with Crippen LogP contribution >= 0.6 is 22.9 Å². The zero-order chi connectivity index (χ0) is 15.2. The maximum atomic E-state index is 13.3. The second-order valence-corrected chi connectivity index (χ2v) is 7.89. The standard InChI is InChI=1S/C16H17ClFNOS/c1-16(2)6-5-10(8-16)19-15(20)14-13(17)11-4-3-9(18)7-12(11)21-14/h3-4,7,10H,5-6,8H2,1-2H3,(H,19,20). The highest BCUT2D eigenvalue weighted by atomic mass is 35.5. The van der Waals surface area contributed by atoms with Crippen LogP contribution < -0.4 is 5.32 Å². The number of thiophene rings is 1. The van der Waals surface area contributed by atoms with E-state index in [0.29, 0.717) is 14.6 Å². The second kappa shape index (κ2) is 5.25. The van der Waals surface area contributed by atoms with E-state index in [4.69, 9.17) is 11.6 Å². The molecular formula is C16H17ClFNOS. The zero-order valence-electron chi connectivity index (χ0n) is 12.0. The van der Waals surface area contributed by atoms with Gasteiger partial charge in [0, 0.05) is 16.1 Å². The number of hydrogen-bond donors (Lipinski definition) is 1. The Morgan fingerprint density at radius 3 is 2.90 bits per heavy atom. The van der Waals surface area contributed by atoms with E-state index in [0.717, 1.165) is 24.6 Å². The molecule has 1 unspecified atom stereocenters. The van der Waals surface area contributed by atoms with Crippen LogP contribution in [0.1, 0.15) is 42.8 Å². The van der Waals surface area contributed by atoms with Gasteiger partial charge >= 0.3 is 0 Å². The maximum Gasteiger partial charge on any atom is 0.263 e. The maximum absolute atomic E-state index is 13.3. The molecule has 0 bridgehead atoms. The van der Waals surface area contributed by atoms with E-state index in [1.54, 1.807) is 6.07 Å². The van der Waals surface area contributed by atoms with Gasteiger partial charge in [0.2, 0.25) is 0 Å². The molecule has 3 rings (SSSR count). The van der Waals surface area contributed by atoms with Crippen LogP contribution in [0, 0.1) is 11.2 Å². The molecule has 1 atom stereocenters. The summed E-state index contributed by atoms with van der Waals surface area (Å²) in [5.41, 5.74) is 0.283. The Bertz CT molecular complexity index is 710. The number of carbonyl (C=O) groups is 1. The van der Waals surface area contributed by atoms with Gasteiger partial charge in [0.15, 0.2) is 0 Å². The van der Waals surface area contributed by atoms with Gasteiger partial charge in [-0.25, -0.2) is 4.39 Å². The zero-order valence-corrected chi connectivity index (χ0v) is 13.6. The minimum Gasteiger partial charge on any atom is -0.349 e. The minimum atomic E-state index is -0.315. The van der Waals surface area contributed by atoms with Gasteiger partial charge < -0.3 is 5.32 Å². The van der Waals surface area contributed by atoms with Crippen molar-refractivity contribution in [2.75, 3.05) is 0 Å². The summed E-state index contributed by atoms with van der Waals surface area (Å²) in [5, 5.41) is 4.22. The molecule has 112 valence electrons. The monoisotopic (exact) mass is 325 g/mol. The molecule has 2 nitrogen and oxygen atoms in total. The van der Waals surface area contributed by atoms with Crippen molar-refractivity contribution in [2.24, 2.45) is 5.41 Å². The number of rotatable bonds is 2. The molecule has 1 fully saturated rings. The topological polar surface area (TPSA) is 29.1 Å². The normalized spacial score (nSPS) is 20.9. The van der Waals surface area contributed by atoms with Crippen molar-refractivity contribution >= 4 is 38.9 Å². The van der Waals surface area contributed by atoms with E-state index in [9.17, 15) is 9.18 Å². The first kappa shape index (κ1) is 14.8. The summed E-state index contributed by atoms with van der Waals surface area (Å²) in [4.78, 5) is 12.9. The van der Waals surface area contributed by atoms with Crippen LogP contribution in [0.25, 0.3) is 10.1 Å². The number of carbonyl (C=O) groups excluding carboxylic acids is 1. The molecule has 1 N–H and O–H groups in total. The second-order valence-electron chi connectivity index (χ2n) is 6.46. The first-order chi connectivity index (χ1) is 9.85. The van der Waals surface area contributed by atoms with Crippen molar-refractivity contribution in [3.8, 4) is 0 Å². The number of benzene rings is 1. The van der Waals surface area contributed by atoms with E-state index < -0.39 is 0 Å². The smallest absolute Gasteiger partial charge is 0.263 e. The van der Waals surface area contributed by atoms with Gasteiger partial charge in [-0.15, -0.1) is 11.3 Å². The fraction of sp³-hybridized carbons (Fsp3) is 0.438. The van der Waals surface area contributed by atoms with Gasteiger partial charge in [-0.05, 0) is 42.9 Å². The molecule has 21 heavy (non-hydrogen) atoms. The predicted octanol–water partition coefficient (Wildman–Crippen LogP) is 5.00. The summed E-state index contributed by atoms with van der Waals surface area (Å²) in [5.74, 6) is -0.464. The molecule has 1 heterocycles. The van der Waals surface area contributed by atoms with Gasteiger partial charge in [-0.2, -0.15) is 0 Å². The molecule has 1 aromatic carbocycles. The van der Waals surface area contributed by atoms with Crippen LogP contribution in [0.15, 0.2) is 18.2 Å². The van der Waals surface area contributed by atoms with Gasteiger partial charge in [0.25, 0.3) is 5.91 Å². The van der Waals surface area contributed by atoms with Crippen molar-refractivity contribution in [1.82, 2.24) is 5.32 Å². The predicted molar refractivity (Wildman–Crippen MR) is 85.7 cm³/mol. The van der Waals surface area contributed by atoms with E-state index in [1.165, 1.54) is 23.5 Å². The largest absolute Gasteiger partial charge is 0.349 e. The third kappa shape index (κ3) is 2.92. The molecular weight excluding hydrogens is 309 g/mol. The Kier molecular flexibility index (Phi) is 3.70. The Morgan fingerprint density at radius 1 is 1.48 bits per heavy atom. The molecule has 1 aromatic heterocycles. The minimum absolute atomic E-state index is 0.149. The highest BCUT2D eigenvalue weighted by Crippen LogP contribution is 2.38. The van der Waals surface area contributed by atoms with Crippen molar-refractivity contribution in [3.05, 3.63) is 33.9 Å². The van der Waals surface area contributed by atoms with E-state index in [-0.39, 0.29) is 23.2 Å². The molecule has 0 radical (unpaired) electrons. The summed E-state index contributed by atoms with van der Waals surface area (Å²) in [6.45, 7) is 4.43. The molecule has 5 heteroatoms. The Labute approximate surface area is 132 Å². The van der Waals surface area contributed by atoms with E-state index >= 15 is 0 Å². The third-order valence-electron chi connectivity index (χ3n) is 4.10. The van der Waals surface area contributed by atoms with Crippen molar-refractivity contribution in [2.45, 2.75) is 39.2 Å². The van der Waals surface area contributed by atoms with Gasteiger partial charge in [0.05, 0.1) is 5.02 Å². The number of nitrogens with one attached hydrogen (secondary N) is 1. The van der Waals surface area contributed by atoms with Crippen molar-refractivity contribution in [3.63, 3.8) is 0 Å². The van der Waals surface area contributed by atoms with Crippen LogP contribution in [-0.4, -0.2) is 11.9 Å². The van der Waals surface area contributed by atoms with Gasteiger partial charge in [-0.1, -0.05) is 25.4 Å². The average Bonchev–Trinajstić information content (AvgIpc) is 2.90. The summed E-state index contributed by atoms with van der Waals surface area (Å²) in [6, 6.07) is 4.60. The lowest BCUT2D eigenvalue weighted by Gasteiger charge is -2.17. The highest BCUT2D eigenvalue weighted by molar-refractivity contribution is 7.21. The molecule has 1 amide bonds. The molecule has 1 aliphatic carbocycles. The van der Waals surface area contributed by atoms with E-state index in [2.05, 4.69) is 19.2 Å². The molecule has 1 aliphatic rings. The SMILES string of the molecule is CC1(C)CCC(NC(=O)c2sc3cc(F)ccc3c2Cl)C1.